The number of amides is 1. The molecule has 1 amide bonds. The van der Waals surface area contributed by atoms with Crippen molar-refractivity contribution in [3.63, 3.8) is 0 Å². The van der Waals surface area contributed by atoms with Crippen LogP contribution in [0.4, 0.5) is 0 Å². The lowest BCUT2D eigenvalue weighted by Gasteiger charge is -2.25. The van der Waals surface area contributed by atoms with Gasteiger partial charge in [0.05, 0.1) is 6.61 Å². The van der Waals surface area contributed by atoms with E-state index in [4.69, 9.17) is 4.84 Å². The Labute approximate surface area is 109 Å². The van der Waals surface area contributed by atoms with Gasteiger partial charge in [0.15, 0.2) is 0 Å². The number of carbonyl (C=O) groups is 1. The van der Waals surface area contributed by atoms with Crippen LogP contribution in [-0.4, -0.2) is 24.1 Å². The van der Waals surface area contributed by atoms with Crippen LogP contribution in [0.2, 0.25) is 0 Å². The molecule has 0 N–H and O–H groups in total. The Kier molecular flexibility index (Phi) is 4.76. The van der Waals surface area contributed by atoms with E-state index in [1.54, 1.807) is 0 Å². The van der Waals surface area contributed by atoms with E-state index in [2.05, 4.69) is 6.92 Å². The molecule has 1 saturated heterocycles. The number of unbranched alkanes of at least 4 members (excludes halogenated alkanes) is 1. The van der Waals surface area contributed by atoms with E-state index in [1.807, 2.05) is 24.3 Å². The van der Waals surface area contributed by atoms with Gasteiger partial charge in [0.25, 0.3) is 5.91 Å². The molecule has 0 spiro atoms. The number of hydroxylamine groups is 2. The number of rotatable bonds is 4. The Morgan fingerprint density at radius 3 is 2.67 bits per heavy atom. The topological polar surface area (TPSA) is 29.5 Å². The summed E-state index contributed by atoms with van der Waals surface area (Å²) >= 11 is 0. The fraction of sp³-hybridized carbons (Fsp3) is 0.533. The molecular formula is C15H21NO2. The van der Waals surface area contributed by atoms with Crippen LogP contribution in [0, 0.1) is 0 Å². The highest BCUT2D eigenvalue weighted by molar-refractivity contribution is 5.93. The molecule has 0 aromatic heterocycles. The molecule has 0 radical (unpaired) electrons. The summed E-state index contributed by atoms with van der Waals surface area (Å²) in [6.45, 7) is 3.54. The minimum atomic E-state index is -0.0169. The van der Waals surface area contributed by atoms with Crippen LogP contribution < -0.4 is 0 Å². The molecule has 0 bridgehead atoms. The first kappa shape index (κ1) is 13.1. The largest absolute Gasteiger partial charge is 0.277 e. The number of benzene rings is 1. The van der Waals surface area contributed by atoms with E-state index in [-0.39, 0.29) is 5.91 Å². The highest BCUT2D eigenvalue weighted by Gasteiger charge is 2.18. The summed E-state index contributed by atoms with van der Waals surface area (Å²) in [6, 6.07) is 7.91. The summed E-state index contributed by atoms with van der Waals surface area (Å²) in [5.41, 5.74) is 2.02. The van der Waals surface area contributed by atoms with E-state index < -0.39 is 0 Å². The molecule has 1 aromatic carbocycles. The maximum atomic E-state index is 12.1. The molecule has 1 heterocycles. The van der Waals surface area contributed by atoms with E-state index in [1.165, 1.54) is 23.5 Å². The zero-order valence-corrected chi connectivity index (χ0v) is 11.0. The average molecular weight is 247 g/mol. The summed E-state index contributed by atoms with van der Waals surface area (Å²) in [5, 5.41) is 1.49. The molecule has 18 heavy (non-hydrogen) atoms. The number of carbonyl (C=O) groups excluding carboxylic acids is 1. The van der Waals surface area contributed by atoms with Gasteiger partial charge in [-0.3, -0.25) is 9.63 Å². The smallest absolute Gasteiger partial charge is 0.271 e. The summed E-state index contributed by atoms with van der Waals surface area (Å²) in [6.07, 6.45) is 5.55. The Morgan fingerprint density at radius 2 is 2.06 bits per heavy atom. The Hall–Kier alpha value is -1.35. The van der Waals surface area contributed by atoms with Crippen molar-refractivity contribution in [3.05, 3.63) is 35.4 Å². The number of hydrogen-bond acceptors (Lipinski definition) is 2. The zero-order chi connectivity index (χ0) is 12.8. The van der Waals surface area contributed by atoms with Crippen molar-refractivity contribution in [3.8, 4) is 0 Å². The van der Waals surface area contributed by atoms with E-state index in [0.29, 0.717) is 13.2 Å². The van der Waals surface area contributed by atoms with Crippen LogP contribution in [0.15, 0.2) is 24.3 Å². The standard InChI is InChI=1S/C15H21NO2/c1-2-3-6-13-7-9-14(10-8-13)15(17)16-11-4-5-12-18-16/h7-10H,2-6,11-12H2,1H3. The number of hydrogen-bond donors (Lipinski definition) is 0. The first-order valence-electron chi connectivity index (χ1n) is 6.85. The highest BCUT2D eigenvalue weighted by Crippen LogP contribution is 2.13. The summed E-state index contributed by atoms with van der Waals surface area (Å²) in [7, 11) is 0. The van der Waals surface area contributed by atoms with Crippen LogP contribution in [0.1, 0.15) is 48.5 Å². The lowest BCUT2D eigenvalue weighted by molar-refractivity contribution is -0.144. The molecule has 1 aliphatic heterocycles. The summed E-state index contributed by atoms with van der Waals surface area (Å²) < 4.78 is 0. The third-order valence-corrected chi connectivity index (χ3v) is 3.25. The van der Waals surface area contributed by atoms with E-state index in [9.17, 15) is 4.79 Å². The summed E-state index contributed by atoms with van der Waals surface area (Å²) in [4.78, 5) is 17.5. The molecule has 1 fully saturated rings. The van der Waals surface area contributed by atoms with Crippen molar-refractivity contribution in [1.29, 1.82) is 0 Å². The van der Waals surface area contributed by atoms with Gasteiger partial charge in [-0.1, -0.05) is 25.5 Å². The quantitative estimate of drug-likeness (QED) is 0.817. The maximum absolute atomic E-state index is 12.1. The fourth-order valence-electron chi connectivity index (χ4n) is 2.10. The first-order chi connectivity index (χ1) is 8.81. The Bertz CT molecular complexity index is 380. The number of aryl methyl sites for hydroxylation is 1. The third-order valence-electron chi connectivity index (χ3n) is 3.25. The van der Waals surface area contributed by atoms with Crippen LogP contribution >= 0.6 is 0 Å². The molecular weight excluding hydrogens is 226 g/mol. The lowest BCUT2D eigenvalue weighted by atomic mass is 10.1. The molecule has 3 nitrogen and oxygen atoms in total. The van der Waals surface area contributed by atoms with Crippen LogP contribution in [0.5, 0.6) is 0 Å². The molecule has 0 atom stereocenters. The third kappa shape index (κ3) is 3.33. The molecule has 0 unspecified atom stereocenters. The van der Waals surface area contributed by atoms with Crippen molar-refractivity contribution in [2.75, 3.05) is 13.2 Å². The summed E-state index contributed by atoms with van der Waals surface area (Å²) in [5.74, 6) is -0.0169. The maximum Gasteiger partial charge on any atom is 0.277 e. The van der Waals surface area contributed by atoms with Crippen molar-refractivity contribution in [2.24, 2.45) is 0 Å². The second-order valence-electron chi connectivity index (χ2n) is 4.75. The van der Waals surface area contributed by atoms with Gasteiger partial charge in [-0.15, -0.1) is 0 Å². The minimum Gasteiger partial charge on any atom is -0.271 e. The first-order valence-corrected chi connectivity index (χ1v) is 6.85. The number of nitrogens with zero attached hydrogens (tertiary/aromatic N) is 1. The van der Waals surface area contributed by atoms with Gasteiger partial charge in [0.2, 0.25) is 0 Å². The van der Waals surface area contributed by atoms with Gasteiger partial charge in [-0.05, 0) is 43.4 Å². The monoisotopic (exact) mass is 247 g/mol. The van der Waals surface area contributed by atoms with Gasteiger partial charge in [-0.2, -0.15) is 0 Å². The van der Waals surface area contributed by atoms with Crippen molar-refractivity contribution >= 4 is 5.91 Å². The van der Waals surface area contributed by atoms with Gasteiger partial charge in [-0.25, -0.2) is 5.06 Å². The van der Waals surface area contributed by atoms with Crippen molar-refractivity contribution in [1.82, 2.24) is 5.06 Å². The van der Waals surface area contributed by atoms with Gasteiger partial charge < -0.3 is 0 Å². The fourth-order valence-corrected chi connectivity index (χ4v) is 2.10. The van der Waals surface area contributed by atoms with Gasteiger partial charge >= 0.3 is 0 Å². The van der Waals surface area contributed by atoms with Gasteiger partial charge in [0, 0.05) is 12.1 Å². The Balaban J connectivity index is 1.97. The Morgan fingerprint density at radius 1 is 1.28 bits per heavy atom. The second-order valence-corrected chi connectivity index (χ2v) is 4.75. The molecule has 0 aliphatic carbocycles. The van der Waals surface area contributed by atoms with Crippen molar-refractivity contribution in [2.45, 2.75) is 39.0 Å². The van der Waals surface area contributed by atoms with Crippen LogP contribution in [0.3, 0.4) is 0 Å². The van der Waals surface area contributed by atoms with E-state index >= 15 is 0 Å². The predicted octanol–water partition coefficient (Wildman–Crippen LogP) is 3.20. The van der Waals surface area contributed by atoms with E-state index in [0.717, 1.165) is 24.8 Å². The zero-order valence-electron chi connectivity index (χ0n) is 11.0. The molecule has 3 heteroatoms. The lowest BCUT2D eigenvalue weighted by Crippen LogP contribution is -2.35. The molecule has 1 aromatic rings. The second kappa shape index (κ2) is 6.55. The van der Waals surface area contributed by atoms with Crippen molar-refractivity contribution < 1.29 is 9.63 Å². The minimum absolute atomic E-state index is 0.0169. The normalized spacial score (nSPS) is 15.7. The molecule has 98 valence electrons. The molecule has 2 rings (SSSR count). The van der Waals surface area contributed by atoms with Crippen LogP contribution in [-0.2, 0) is 11.3 Å². The highest BCUT2D eigenvalue weighted by atomic mass is 16.7. The SMILES string of the molecule is CCCCc1ccc(C(=O)N2CCCCO2)cc1. The van der Waals surface area contributed by atoms with Gasteiger partial charge in [0.1, 0.15) is 0 Å². The predicted molar refractivity (Wildman–Crippen MR) is 71.3 cm³/mol. The molecule has 0 saturated carbocycles. The van der Waals surface area contributed by atoms with Crippen LogP contribution in [0.25, 0.3) is 0 Å². The average Bonchev–Trinajstić information content (AvgIpc) is 2.46. The molecule has 1 aliphatic rings.